The van der Waals surface area contributed by atoms with Crippen LogP contribution in [0.1, 0.15) is 5.56 Å². The molecule has 0 aromatic heterocycles. The molecule has 6 nitrogen and oxygen atoms in total. The van der Waals surface area contributed by atoms with Gasteiger partial charge in [0, 0.05) is 13.1 Å². The Morgan fingerprint density at radius 1 is 1.33 bits per heavy atom. The van der Waals surface area contributed by atoms with Crippen molar-refractivity contribution in [1.29, 1.82) is 0 Å². The second-order valence-corrected chi connectivity index (χ2v) is 7.49. The number of hydrogen-bond donors (Lipinski definition) is 1. The lowest BCUT2D eigenvalue weighted by molar-refractivity contribution is 0.113. The number of β-amino-alcohol motifs (C(OH)–C–C–N with tert-alkyl or cyclic N) is 1. The number of nitrogens with zero attached hydrogens (tertiary/aromatic N) is 2. The second kappa shape index (κ2) is 5.92. The van der Waals surface area contributed by atoms with E-state index in [9.17, 15) is 13.5 Å². The first kappa shape index (κ1) is 16.2. The summed E-state index contributed by atoms with van der Waals surface area (Å²) in [5.74, 6) is 0.654. The molecular weight excluding hydrogens is 292 g/mol. The summed E-state index contributed by atoms with van der Waals surface area (Å²) in [5.41, 5.74) is 0.766. The lowest BCUT2D eigenvalue weighted by atomic mass is 10.2. The van der Waals surface area contributed by atoms with Crippen molar-refractivity contribution >= 4 is 10.0 Å². The average Bonchev–Trinajstić information content (AvgIpc) is 2.81. The van der Waals surface area contributed by atoms with E-state index in [1.54, 1.807) is 26.2 Å². The molecule has 7 heteroatoms. The zero-order valence-corrected chi connectivity index (χ0v) is 13.6. The van der Waals surface area contributed by atoms with Crippen LogP contribution in [0.15, 0.2) is 23.1 Å². The third kappa shape index (κ3) is 3.06. The van der Waals surface area contributed by atoms with Gasteiger partial charge in [-0.05, 0) is 44.8 Å². The molecule has 0 amide bonds. The molecule has 1 N–H and O–H groups in total. The quantitative estimate of drug-likeness (QED) is 0.865. The van der Waals surface area contributed by atoms with Gasteiger partial charge in [-0.15, -0.1) is 0 Å². The van der Waals surface area contributed by atoms with Gasteiger partial charge in [0.05, 0.1) is 24.2 Å². The molecule has 2 atom stereocenters. The van der Waals surface area contributed by atoms with Gasteiger partial charge in [-0.2, -0.15) is 4.31 Å². The van der Waals surface area contributed by atoms with E-state index >= 15 is 0 Å². The minimum Gasteiger partial charge on any atom is -0.496 e. The molecule has 0 spiro atoms. The van der Waals surface area contributed by atoms with Crippen LogP contribution in [0.3, 0.4) is 0 Å². The van der Waals surface area contributed by atoms with Crippen LogP contribution in [0, 0.1) is 6.92 Å². The molecule has 1 saturated heterocycles. The first-order valence-electron chi connectivity index (χ1n) is 6.76. The maximum absolute atomic E-state index is 12.7. The number of aliphatic hydroxyl groups excluding tert-OH is 1. The predicted octanol–water partition coefficient (Wildman–Crippen LogP) is 0.299. The lowest BCUT2D eigenvalue weighted by Gasteiger charge is -2.21. The fourth-order valence-electron chi connectivity index (χ4n) is 2.60. The second-order valence-electron chi connectivity index (χ2n) is 5.55. The van der Waals surface area contributed by atoms with E-state index in [0.717, 1.165) is 5.56 Å². The summed E-state index contributed by atoms with van der Waals surface area (Å²) in [4.78, 5) is 2.08. The highest BCUT2D eigenvalue weighted by Crippen LogP contribution is 2.26. The number of likely N-dealkylation sites (N-methyl/N-ethyl adjacent to an activating group) is 1. The maximum Gasteiger partial charge on any atom is 0.243 e. The van der Waals surface area contributed by atoms with Gasteiger partial charge in [-0.3, -0.25) is 0 Å². The Balaban J connectivity index is 2.29. The van der Waals surface area contributed by atoms with Gasteiger partial charge in [0.2, 0.25) is 10.0 Å². The summed E-state index contributed by atoms with van der Waals surface area (Å²) in [6, 6.07) is 4.61. The topological polar surface area (TPSA) is 70.1 Å². The van der Waals surface area contributed by atoms with E-state index in [1.165, 1.54) is 10.4 Å². The Bertz CT molecular complexity index is 615. The highest BCUT2D eigenvalue weighted by Gasteiger charge is 2.39. The molecule has 1 aromatic rings. The van der Waals surface area contributed by atoms with Crippen molar-refractivity contribution in [2.24, 2.45) is 0 Å². The predicted molar refractivity (Wildman–Crippen MR) is 80.0 cm³/mol. The van der Waals surface area contributed by atoms with E-state index < -0.39 is 16.1 Å². The van der Waals surface area contributed by atoms with Crippen molar-refractivity contribution in [3.05, 3.63) is 23.8 Å². The van der Waals surface area contributed by atoms with Gasteiger partial charge in [0.15, 0.2) is 0 Å². The van der Waals surface area contributed by atoms with Crippen molar-refractivity contribution in [3.63, 3.8) is 0 Å². The van der Waals surface area contributed by atoms with Crippen molar-refractivity contribution < 1.29 is 18.3 Å². The van der Waals surface area contributed by atoms with Crippen LogP contribution in [0.2, 0.25) is 0 Å². The molecule has 118 valence electrons. The van der Waals surface area contributed by atoms with Crippen LogP contribution in [-0.4, -0.2) is 69.2 Å². The maximum atomic E-state index is 12.7. The van der Waals surface area contributed by atoms with E-state index in [4.69, 9.17) is 4.74 Å². The molecule has 1 aliphatic rings. The monoisotopic (exact) mass is 314 g/mol. The summed E-state index contributed by atoms with van der Waals surface area (Å²) in [5, 5.41) is 10.0. The van der Waals surface area contributed by atoms with Crippen molar-refractivity contribution in [1.82, 2.24) is 9.21 Å². The first-order chi connectivity index (χ1) is 9.77. The van der Waals surface area contributed by atoms with Crippen LogP contribution in [-0.2, 0) is 10.0 Å². The van der Waals surface area contributed by atoms with Crippen LogP contribution >= 0.6 is 0 Å². The van der Waals surface area contributed by atoms with Gasteiger partial charge in [0.1, 0.15) is 5.75 Å². The minimum atomic E-state index is -3.59. The number of sulfonamides is 1. The third-order valence-electron chi connectivity index (χ3n) is 3.89. The lowest BCUT2D eigenvalue weighted by Crippen LogP contribution is -2.38. The Morgan fingerprint density at radius 3 is 2.48 bits per heavy atom. The van der Waals surface area contributed by atoms with E-state index in [-0.39, 0.29) is 17.5 Å². The van der Waals surface area contributed by atoms with Crippen molar-refractivity contribution in [2.75, 3.05) is 34.3 Å². The number of aryl methyl sites for hydroxylation is 1. The Morgan fingerprint density at radius 2 is 2.00 bits per heavy atom. The SMILES string of the molecule is COc1ccc(S(=O)(=O)N2C[C@H](O)[C@@H](N(C)C)C2)cc1C. The molecule has 0 bridgehead atoms. The summed E-state index contributed by atoms with van der Waals surface area (Å²) in [6.45, 7) is 2.22. The smallest absolute Gasteiger partial charge is 0.243 e. The molecule has 0 saturated carbocycles. The summed E-state index contributed by atoms with van der Waals surface area (Å²) in [7, 11) is 1.63. The summed E-state index contributed by atoms with van der Waals surface area (Å²) in [6.07, 6.45) is -0.672. The molecular formula is C14H22N2O4S. The zero-order valence-electron chi connectivity index (χ0n) is 12.8. The van der Waals surface area contributed by atoms with Gasteiger partial charge in [-0.25, -0.2) is 8.42 Å². The summed E-state index contributed by atoms with van der Waals surface area (Å²) >= 11 is 0. The average molecular weight is 314 g/mol. The molecule has 0 unspecified atom stereocenters. The van der Waals surface area contributed by atoms with Gasteiger partial charge in [0.25, 0.3) is 0 Å². The van der Waals surface area contributed by atoms with Crippen LogP contribution in [0.5, 0.6) is 5.75 Å². The van der Waals surface area contributed by atoms with Crippen LogP contribution in [0.4, 0.5) is 0 Å². The molecule has 21 heavy (non-hydrogen) atoms. The van der Waals surface area contributed by atoms with Gasteiger partial charge >= 0.3 is 0 Å². The van der Waals surface area contributed by atoms with Crippen molar-refractivity contribution in [3.8, 4) is 5.75 Å². The van der Waals surface area contributed by atoms with E-state index in [0.29, 0.717) is 12.3 Å². The number of rotatable bonds is 4. The van der Waals surface area contributed by atoms with Gasteiger partial charge < -0.3 is 14.7 Å². The molecule has 1 heterocycles. The Labute approximate surface area is 126 Å². The van der Waals surface area contributed by atoms with Gasteiger partial charge in [-0.1, -0.05) is 0 Å². The third-order valence-corrected chi connectivity index (χ3v) is 5.72. The fraction of sp³-hybridized carbons (Fsp3) is 0.571. The highest BCUT2D eigenvalue weighted by atomic mass is 32.2. The summed E-state index contributed by atoms with van der Waals surface area (Å²) < 4.78 is 31.8. The van der Waals surface area contributed by atoms with E-state index in [1.807, 2.05) is 19.0 Å². The number of aliphatic hydroxyl groups is 1. The molecule has 1 fully saturated rings. The highest BCUT2D eigenvalue weighted by molar-refractivity contribution is 7.89. The Hall–Kier alpha value is -1.15. The van der Waals surface area contributed by atoms with E-state index in [2.05, 4.69) is 0 Å². The Kier molecular flexibility index (Phi) is 4.57. The first-order valence-corrected chi connectivity index (χ1v) is 8.20. The number of benzene rings is 1. The zero-order chi connectivity index (χ0) is 15.8. The largest absolute Gasteiger partial charge is 0.496 e. The fourth-order valence-corrected chi connectivity index (χ4v) is 4.16. The normalized spacial score (nSPS) is 23.7. The van der Waals surface area contributed by atoms with Crippen LogP contribution in [0.25, 0.3) is 0 Å². The molecule has 1 aromatic carbocycles. The van der Waals surface area contributed by atoms with Crippen LogP contribution < -0.4 is 4.74 Å². The molecule has 0 aliphatic carbocycles. The van der Waals surface area contributed by atoms with Crippen molar-refractivity contribution in [2.45, 2.75) is 24.0 Å². The standard InChI is InChI=1S/C14H22N2O4S/c1-10-7-11(5-6-14(10)20-4)21(18,19)16-8-12(15(2)3)13(17)9-16/h5-7,12-13,17H,8-9H2,1-4H3/t12-,13-/m0/s1. The number of ether oxygens (including phenoxy) is 1. The molecule has 1 aliphatic heterocycles. The minimum absolute atomic E-state index is 0.121. The number of hydrogen-bond acceptors (Lipinski definition) is 5. The number of methoxy groups -OCH3 is 1. The molecule has 2 rings (SSSR count). The molecule has 0 radical (unpaired) electrons.